The van der Waals surface area contributed by atoms with Crippen LogP contribution in [0.25, 0.3) is 0 Å². The molecule has 2 amide bonds. The van der Waals surface area contributed by atoms with Crippen LogP contribution in [-0.2, 0) is 0 Å². The van der Waals surface area contributed by atoms with Crippen molar-refractivity contribution < 1.29 is 14.3 Å². The van der Waals surface area contributed by atoms with Crippen molar-refractivity contribution in [3.8, 4) is 11.5 Å². The molecule has 1 aliphatic carbocycles. The van der Waals surface area contributed by atoms with Gasteiger partial charge in [0.1, 0.15) is 0 Å². The largest absolute Gasteiger partial charge is 0.493 e. The lowest BCUT2D eigenvalue weighted by molar-refractivity contribution is 0.200. The van der Waals surface area contributed by atoms with Crippen LogP contribution in [0, 0.1) is 0 Å². The van der Waals surface area contributed by atoms with Crippen molar-refractivity contribution in [3.05, 3.63) is 23.8 Å². The Labute approximate surface area is 136 Å². The van der Waals surface area contributed by atoms with E-state index in [1.807, 2.05) is 11.0 Å². The zero-order chi connectivity index (χ0) is 15.8. The highest BCUT2D eigenvalue weighted by Gasteiger charge is 2.42. The fourth-order valence-corrected chi connectivity index (χ4v) is 4.24. The van der Waals surface area contributed by atoms with Crippen LogP contribution in [0.2, 0.25) is 0 Å². The van der Waals surface area contributed by atoms with Gasteiger partial charge >= 0.3 is 6.03 Å². The van der Waals surface area contributed by atoms with Crippen LogP contribution in [0.3, 0.4) is 0 Å². The average molecular weight is 316 g/mol. The molecular weight excluding hydrogens is 292 g/mol. The van der Waals surface area contributed by atoms with Crippen LogP contribution >= 0.6 is 0 Å². The second kappa shape index (κ2) is 5.95. The van der Waals surface area contributed by atoms with Gasteiger partial charge in [-0.25, -0.2) is 4.79 Å². The lowest BCUT2D eigenvalue weighted by Gasteiger charge is -2.21. The number of carbonyl (C=O) groups excluding carboxylic acids is 1. The number of nitrogens with zero attached hydrogens (tertiary/aromatic N) is 1. The second-order valence-corrected chi connectivity index (χ2v) is 6.78. The first-order valence-corrected chi connectivity index (χ1v) is 8.65. The molecule has 5 nitrogen and oxygen atoms in total. The van der Waals surface area contributed by atoms with Gasteiger partial charge in [0.25, 0.3) is 0 Å². The van der Waals surface area contributed by atoms with E-state index >= 15 is 0 Å². The van der Waals surface area contributed by atoms with E-state index in [-0.39, 0.29) is 12.1 Å². The number of methoxy groups -OCH3 is 1. The first-order valence-electron chi connectivity index (χ1n) is 8.65. The molecular formula is C18H24N2O3. The monoisotopic (exact) mass is 316 g/mol. The summed E-state index contributed by atoms with van der Waals surface area (Å²) in [7, 11) is 1.69. The summed E-state index contributed by atoms with van der Waals surface area (Å²) >= 11 is 0. The highest BCUT2D eigenvalue weighted by atomic mass is 16.5. The minimum absolute atomic E-state index is 0.0773. The van der Waals surface area contributed by atoms with Gasteiger partial charge in [-0.15, -0.1) is 0 Å². The first-order chi connectivity index (χ1) is 11.3. The van der Waals surface area contributed by atoms with Crippen molar-refractivity contribution in [2.45, 2.75) is 50.2 Å². The maximum atomic E-state index is 11.8. The van der Waals surface area contributed by atoms with Gasteiger partial charge in [0.15, 0.2) is 11.5 Å². The van der Waals surface area contributed by atoms with Gasteiger partial charge < -0.3 is 19.7 Å². The zero-order valence-corrected chi connectivity index (χ0v) is 13.6. The van der Waals surface area contributed by atoms with Crippen LogP contribution < -0.4 is 14.8 Å². The van der Waals surface area contributed by atoms with E-state index in [4.69, 9.17) is 9.47 Å². The molecule has 2 aliphatic heterocycles. The minimum atomic E-state index is 0.0773. The molecule has 0 bridgehead atoms. The zero-order valence-electron chi connectivity index (χ0n) is 13.6. The van der Waals surface area contributed by atoms with Gasteiger partial charge in [0, 0.05) is 19.0 Å². The van der Waals surface area contributed by atoms with Gasteiger partial charge in [-0.3, -0.25) is 0 Å². The molecule has 0 radical (unpaired) electrons. The highest BCUT2D eigenvalue weighted by molar-refractivity contribution is 5.77. The molecule has 23 heavy (non-hydrogen) atoms. The van der Waals surface area contributed by atoms with E-state index in [1.165, 1.54) is 18.4 Å². The Bertz CT molecular complexity index is 598. The molecule has 3 fully saturated rings. The number of urea groups is 1. The standard InChI is InChI=1S/C18H24N2O3/c1-22-16-7-6-12(10-17(16)23-13-4-2-3-5-13)14-8-9-20-15(14)11-19-18(20)21/h6-7,10,13-15H,2-5,8-9,11H2,1H3,(H,19,21)/t14-,15-/m0/s1. The molecule has 124 valence electrons. The molecule has 2 saturated heterocycles. The molecule has 0 spiro atoms. The smallest absolute Gasteiger partial charge is 0.317 e. The molecule has 2 heterocycles. The Kier molecular flexibility index (Phi) is 3.79. The molecule has 5 heteroatoms. The Balaban J connectivity index is 1.58. The van der Waals surface area contributed by atoms with Crippen LogP contribution in [-0.4, -0.2) is 43.3 Å². The van der Waals surface area contributed by atoms with E-state index in [0.717, 1.165) is 43.9 Å². The number of hydrogen-bond donors (Lipinski definition) is 1. The third kappa shape index (κ3) is 2.62. The van der Waals surface area contributed by atoms with Gasteiger partial charge in [0.05, 0.1) is 19.3 Å². The van der Waals surface area contributed by atoms with E-state index in [1.54, 1.807) is 7.11 Å². The normalized spacial score (nSPS) is 27.2. The molecule has 3 aliphatic rings. The number of amides is 2. The van der Waals surface area contributed by atoms with E-state index in [9.17, 15) is 4.79 Å². The van der Waals surface area contributed by atoms with Gasteiger partial charge in [-0.05, 0) is 49.8 Å². The Hall–Kier alpha value is -1.91. The number of carbonyl (C=O) groups is 1. The summed E-state index contributed by atoms with van der Waals surface area (Å²) in [6.45, 7) is 1.58. The fraction of sp³-hybridized carbons (Fsp3) is 0.611. The number of benzene rings is 1. The van der Waals surface area contributed by atoms with Crippen LogP contribution in [0.1, 0.15) is 43.6 Å². The van der Waals surface area contributed by atoms with Crippen LogP contribution in [0.5, 0.6) is 11.5 Å². The maximum Gasteiger partial charge on any atom is 0.317 e. The number of rotatable bonds is 4. The summed E-state index contributed by atoms with van der Waals surface area (Å²) in [4.78, 5) is 13.8. The molecule has 1 aromatic carbocycles. The summed E-state index contributed by atoms with van der Waals surface area (Å²) in [5, 5.41) is 2.95. The molecule has 0 aromatic heterocycles. The number of hydrogen-bond acceptors (Lipinski definition) is 3. The van der Waals surface area contributed by atoms with Gasteiger partial charge in [-0.1, -0.05) is 6.07 Å². The molecule has 0 unspecified atom stereocenters. The number of ether oxygens (including phenoxy) is 2. The summed E-state index contributed by atoms with van der Waals surface area (Å²) in [6, 6.07) is 6.61. The van der Waals surface area contributed by atoms with E-state index < -0.39 is 0 Å². The molecule has 1 aromatic rings. The van der Waals surface area contributed by atoms with Gasteiger partial charge in [0.2, 0.25) is 0 Å². The SMILES string of the molecule is COc1ccc([C@@H]2CCN3C(=O)NC[C@@H]23)cc1OC1CCCC1. The first kappa shape index (κ1) is 14.7. The third-order valence-corrected chi connectivity index (χ3v) is 5.48. The second-order valence-electron chi connectivity index (χ2n) is 6.78. The molecule has 4 rings (SSSR count). The third-order valence-electron chi connectivity index (χ3n) is 5.48. The van der Waals surface area contributed by atoms with Crippen LogP contribution in [0.4, 0.5) is 4.79 Å². The highest BCUT2D eigenvalue weighted by Crippen LogP contribution is 2.40. The van der Waals surface area contributed by atoms with E-state index in [0.29, 0.717) is 12.0 Å². The summed E-state index contributed by atoms with van der Waals surface area (Å²) in [6.07, 6.45) is 6.10. The average Bonchev–Trinajstić information content (AvgIpc) is 3.27. The van der Waals surface area contributed by atoms with Crippen molar-refractivity contribution in [2.24, 2.45) is 0 Å². The quantitative estimate of drug-likeness (QED) is 0.929. The van der Waals surface area contributed by atoms with E-state index in [2.05, 4.69) is 17.4 Å². The van der Waals surface area contributed by atoms with Crippen molar-refractivity contribution in [1.82, 2.24) is 10.2 Å². The predicted molar refractivity (Wildman–Crippen MR) is 87.1 cm³/mol. The van der Waals surface area contributed by atoms with Crippen LogP contribution in [0.15, 0.2) is 18.2 Å². The number of nitrogens with one attached hydrogen (secondary N) is 1. The molecule has 1 N–H and O–H groups in total. The van der Waals surface area contributed by atoms with Crippen molar-refractivity contribution >= 4 is 6.03 Å². The lowest BCUT2D eigenvalue weighted by Crippen LogP contribution is -2.30. The van der Waals surface area contributed by atoms with Crippen molar-refractivity contribution in [3.63, 3.8) is 0 Å². The summed E-state index contributed by atoms with van der Waals surface area (Å²) in [5.74, 6) is 2.04. The Morgan fingerprint density at radius 2 is 2.00 bits per heavy atom. The lowest BCUT2D eigenvalue weighted by atomic mass is 9.91. The summed E-state index contributed by atoms with van der Waals surface area (Å²) < 4.78 is 11.7. The fourth-order valence-electron chi connectivity index (χ4n) is 4.24. The molecule has 1 saturated carbocycles. The Morgan fingerprint density at radius 1 is 1.17 bits per heavy atom. The Morgan fingerprint density at radius 3 is 2.78 bits per heavy atom. The topological polar surface area (TPSA) is 50.8 Å². The van der Waals surface area contributed by atoms with Crippen molar-refractivity contribution in [2.75, 3.05) is 20.2 Å². The predicted octanol–water partition coefficient (Wildman–Crippen LogP) is 2.90. The summed E-state index contributed by atoms with van der Waals surface area (Å²) in [5.41, 5.74) is 1.25. The van der Waals surface area contributed by atoms with Gasteiger partial charge in [-0.2, -0.15) is 0 Å². The molecule has 2 atom stereocenters. The maximum absolute atomic E-state index is 11.8. The van der Waals surface area contributed by atoms with Crippen molar-refractivity contribution in [1.29, 1.82) is 0 Å². The number of fused-ring (bicyclic) bond motifs is 1. The minimum Gasteiger partial charge on any atom is -0.493 e.